The van der Waals surface area contributed by atoms with E-state index >= 15 is 0 Å². The molecule has 0 bridgehead atoms. The molecular formula is C23H25ClN4O. The summed E-state index contributed by atoms with van der Waals surface area (Å²) in [5.41, 5.74) is 2.75. The van der Waals surface area contributed by atoms with E-state index in [1.807, 2.05) is 49.4 Å². The molecule has 0 amide bonds. The van der Waals surface area contributed by atoms with E-state index in [2.05, 4.69) is 9.88 Å². The maximum absolute atomic E-state index is 10.2. The summed E-state index contributed by atoms with van der Waals surface area (Å²) in [7, 11) is 0. The molecule has 1 aromatic carbocycles. The highest BCUT2D eigenvalue weighted by molar-refractivity contribution is 6.30. The maximum Gasteiger partial charge on any atom is 0.163 e. The van der Waals surface area contributed by atoms with Gasteiger partial charge in [0.25, 0.3) is 0 Å². The number of halogens is 1. The molecule has 1 atom stereocenters. The predicted molar refractivity (Wildman–Crippen MR) is 117 cm³/mol. The third kappa shape index (κ3) is 4.57. The van der Waals surface area contributed by atoms with E-state index in [-0.39, 0.29) is 6.10 Å². The van der Waals surface area contributed by atoms with Gasteiger partial charge in [0.05, 0.1) is 11.8 Å². The number of pyridine rings is 1. The molecule has 6 heteroatoms. The van der Waals surface area contributed by atoms with E-state index in [4.69, 9.17) is 21.6 Å². The van der Waals surface area contributed by atoms with Gasteiger partial charge in [0.2, 0.25) is 0 Å². The van der Waals surface area contributed by atoms with Crippen LogP contribution in [0.25, 0.3) is 22.6 Å². The Labute approximate surface area is 176 Å². The second-order valence-corrected chi connectivity index (χ2v) is 7.92. The molecule has 3 heterocycles. The van der Waals surface area contributed by atoms with Crippen molar-refractivity contribution >= 4 is 17.4 Å². The van der Waals surface area contributed by atoms with Crippen LogP contribution in [0.15, 0.2) is 54.9 Å². The molecule has 1 aliphatic rings. The molecule has 1 unspecified atom stereocenters. The number of benzene rings is 1. The van der Waals surface area contributed by atoms with Gasteiger partial charge >= 0.3 is 0 Å². The predicted octanol–water partition coefficient (Wildman–Crippen LogP) is 4.85. The Bertz CT molecular complexity index is 941. The van der Waals surface area contributed by atoms with E-state index in [0.29, 0.717) is 16.8 Å². The van der Waals surface area contributed by atoms with Gasteiger partial charge < -0.3 is 10.0 Å². The standard InChI is InChI=1S/C23H25ClN4O/c1-2-21(29)17-9-12-28(13-10-17)22-14-20(16-5-7-19(24)8-6-16)26-23(27-22)18-4-3-11-25-15-18/h3-8,11,14-15,17,21,29H,2,9-10,12-13H2,1H3. The number of nitrogens with zero attached hydrogens (tertiary/aromatic N) is 4. The van der Waals surface area contributed by atoms with Gasteiger partial charge in [-0.25, -0.2) is 9.97 Å². The quantitative estimate of drug-likeness (QED) is 0.654. The largest absolute Gasteiger partial charge is 0.393 e. The van der Waals surface area contributed by atoms with Crippen LogP contribution in [-0.4, -0.2) is 39.3 Å². The highest BCUT2D eigenvalue weighted by atomic mass is 35.5. The summed E-state index contributed by atoms with van der Waals surface area (Å²) in [5, 5.41) is 10.9. The second kappa shape index (κ2) is 8.89. The SMILES string of the molecule is CCC(O)C1CCN(c2cc(-c3ccc(Cl)cc3)nc(-c3cccnc3)n2)CC1. The van der Waals surface area contributed by atoms with Crippen molar-refractivity contribution in [3.8, 4) is 22.6 Å². The first-order chi connectivity index (χ1) is 14.1. The van der Waals surface area contributed by atoms with Crippen LogP contribution in [0, 0.1) is 5.92 Å². The van der Waals surface area contributed by atoms with Crippen molar-refractivity contribution in [1.82, 2.24) is 15.0 Å². The second-order valence-electron chi connectivity index (χ2n) is 7.48. The Hall–Kier alpha value is -2.50. The Morgan fingerprint density at radius 1 is 1.10 bits per heavy atom. The van der Waals surface area contributed by atoms with E-state index in [9.17, 15) is 5.11 Å². The van der Waals surface area contributed by atoms with Gasteiger partial charge in [-0.2, -0.15) is 0 Å². The minimum atomic E-state index is -0.210. The summed E-state index contributed by atoms with van der Waals surface area (Å²) in [5.74, 6) is 1.94. The smallest absolute Gasteiger partial charge is 0.163 e. The number of aromatic nitrogens is 3. The van der Waals surface area contributed by atoms with E-state index in [1.54, 1.807) is 12.4 Å². The van der Waals surface area contributed by atoms with Crippen LogP contribution in [-0.2, 0) is 0 Å². The lowest BCUT2D eigenvalue weighted by atomic mass is 9.90. The summed E-state index contributed by atoms with van der Waals surface area (Å²) >= 11 is 6.06. The molecule has 4 rings (SSSR count). The van der Waals surface area contributed by atoms with Crippen molar-refractivity contribution < 1.29 is 5.11 Å². The minimum absolute atomic E-state index is 0.210. The molecule has 0 spiro atoms. The average Bonchev–Trinajstić information content (AvgIpc) is 2.79. The van der Waals surface area contributed by atoms with Gasteiger partial charge in [-0.15, -0.1) is 0 Å². The fourth-order valence-corrected chi connectivity index (χ4v) is 3.96. The van der Waals surface area contributed by atoms with Crippen LogP contribution < -0.4 is 4.90 Å². The summed E-state index contributed by atoms with van der Waals surface area (Å²) < 4.78 is 0. The molecule has 5 nitrogen and oxygen atoms in total. The van der Waals surface area contributed by atoms with Crippen molar-refractivity contribution in [3.63, 3.8) is 0 Å². The fourth-order valence-electron chi connectivity index (χ4n) is 3.84. The highest BCUT2D eigenvalue weighted by Crippen LogP contribution is 2.30. The van der Waals surface area contributed by atoms with Gasteiger partial charge in [0, 0.05) is 47.7 Å². The van der Waals surface area contributed by atoms with Crippen LogP contribution in [0.4, 0.5) is 5.82 Å². The molecule has 0 aliphatic carbocycles. The summed E-state index contributed by atoms with van der Waals surface area (Å²) in [4.78, 5) is 16.1. The van der Waals surface area contributed by atoms with Crippen molar-refractivity contribution in [2.75, 3.05) is 18.0 Å². The Balaban J connectivity index is 1.68. The third-order valence-corrected chi connectivity index (χ3v) is 5.85. The monoisotopic (exact) mass is 408 g/mol. The first-order valence-electron chi connectivity index (χ1n) is 10.1. The fraction of sp³-hybridized carbons (Fsp3) is 0.348. The molecule has 1 aliphatic heterocycles. The molecule has 3 aromatic rings. The van der Waals surface area contributed by atoms with Crippen LogP contribution in [0.3, 0.4) is 0 Å². The Kier molecular flexibility index (Phi) is 6.07. The average molecular weight is 409 g/mol. The number of piperidine rings is 1. The molecule has 1 N–H and O–H groups in total. The zero-order valence-electron chi connectivity index (χ0n) is 16.5. The molecule has 0 saturated carbocycles. The summed E-state index contributed by atoms with van der Waals surface area (Å²) in [6, 6.07) is 13.6. The number of aliphatic hydroxyl groups excluding tert-OH is 1. The van der Waals surface area contributed by atoms with Crippen LogP contribution >= 0.6 is 11.6 Å². The van der Waals surface area contributed by atoms with Crippen molar-refractivity contribution in [2.45, 2.75) is 32.3 Å². The molecule has 29 heavy (non-hydrogen) atoms. The zero-order valence-corrected chi connectivity index (χ0v) is 17.3. The maximum atomic E-state index is 10.2. The third-order valence-electron chi connectivity index (χ3n) is 5.60. The van der Waals surface area contributed by atoms with E-state index in [0.717, 1.165) is 55.0 Å². The molecular weight excluding hydrogens is 384 g/mol. The number of hydrogen-bond acceptors (Lipinski definition) is 5. The van der Waals surface area contributed by atoms with Crippen molar-refractivity contribution in [1.29, 1.82) is 0 Å². The first kappa shape index (κ1) is 19.8. The van der Waals surface area contributed by atoms with Gasteiger partial charge in [-0.05, 0) is 49.4 Å². The lowest BCUT2D eigenvalue weighted by Gasteiger charge is -2.35. The Morgan fingerprint density at radius 2 is 1.86 bits per heavy atom. The van der Waals surface area contributed by atoms with Crippen LogP contribution in [0.2, 0.25) is 5.02 Å². The topological polar surface area (TPSA) is 62.1 Å². The molecule has 1 saturated heterocycles. The zero-order chi connectivity index (χ0) is 20.2. The minimum Gasteiger partial charge on any atom is -0.393 e. The van der Waals surface area contributed by atoms with E-state index < -0.39 is 0 Å². The van der Waals surface area contributed by atoms with E-state index in [1.165, 1.54) is 0 Å². The van der Waals surface area contributed by atoms with Crippen molar-refractivity contribution in [2.24, 2.45) is 5.92 Å². The number of aliphatic hydroxyl groups is 1. The number of hydrogen-bond donors (Lipinski definition) is 1. The van der Waals surface area contributed by atoms with Gasteiger partial charge in [-0.1, -0.05) is 30.7 Å². The molecule has 1 fully saturated rings. The summed E-state index contributed by atoms with van der Waals surface area (Å²) in [6.07, 6.45) is 6.07. The van der Waals surface area contributed by atoms with Crippen LogP contribution in [0.1, 0.15) is 26.2 Å². The van der Waals surface area contributed by atoms with Gasteiger partial charge in [0.1, 0.15) is 5.82 Å². The first-order valence-corrected chi connectivity index (χ1v) is 10.5. The van der Waals surface area contributed by atoms with Gasteiger partial charge in [-0.3, -0.25) is 4.98 Å². The summed E-state index contributed by atoms with van der Waals surface area (Å²) in [6.45, 7) is 3.80. The highest BCUT2D eigenvalue weighted by Gasteiger charge is 2.25. The normalized spacial score (nSPS) is 16.0. The lowest BCUT2D eigenvalue weighted by molar-refractivity contribution is 0.0892. The Morgan fingerprint density at radius 3 is 2.52 bits per heavy atom. The number of anilines is 1. The molecule has 0 radical (unpaired) electrons. The molecule has 150 valence electrons. The van der Waals surface area contributed by atoms with Crippen LogP contribution in [0.5, 0.6) is 0 Å². The van der Waals surface area contributed by atoms with Crippen molar-refractivity contribution in [3.05, 3.63) is 59.9 Å². The molecule has 2 aromatic heterocycles. The van der Waals surface area contributed by atoms with Gasteiger partial charge in [0.15, 0.2) is 5.82 Å². The lowest BCUT2D eigenvalue weighted by Crippen LogP contribution is -2.38. The number of rotatable bonds is 5.